The Bertz CT molecular complexity index is 145. The molecule has 0 aromatic rings. The van der Waals surface area contributed by atoms with Crippen molar-refractivity contribution in [3.05, 3.63) is 24.3 Å². The number of carbonyl (C=O) groups excluding carboxylic acids is 1. The Morgan fingerprint density at radius 3 is 2.56 bits per heavy atom. The van der Waals surface area contributed by atoms with Gasteiger partial charge in [0.15, 0.2) is 0 Å². The number of ether oxygens (including phenoxy) is 1. The van der Waals surface area contributed by atoms with Gasteiger partial charge in [-0.1, -0.05) is 12.7 Å². The lowest BCUT2D eigenvalue weighted by Crippen LogP contribution is -1.94. The third-order valence-corrected chi connectivity index (χ3v) is 0.869. The van der Waals surface area contributed by atoms with E-state index in [0.717, 1.165) is 5.57 Å². The summed E-state index contributed by atoms with van der Waals surface area (Å²) in [6.07, 6.45) is 2.98. The van der Waals surface area contributed by atoms with Gasteiger partial charge in [-0.25, -0.2) is 4.79 Å². The Kier molecular flexibility index (Phi) is 3.44. The number of esters is 1. The van der Waals surface area contributed by atoms with Gasteiger partial charge in [-0.2, -0.15) is 0 Å². The van der Waals surface area contributed by atoms with Crippen molar-refractivity contribution in [3.63, 3.8) is 0 Å². The molecule has 2 nitrogen and oxygen atoms in total. The minimum atomic E-state index is -0.340. The van der Waals surface area contributed by atoms with Crippen molar-refractivity contribution in [3.8, 4) is 0 Å². The fourth-order valence-corrected chi connectivity index (χ4v) is 0.304. The minimum absolute atomic E-state index is 0.340. The molecule has 0 atom stereocenters. The monoisotopic (exact) mass is 126 g/mol. The van der Waals surface area contributed by atoms with Crippen LogP contribution in [0.15, 0.2) is 24.3 Å². The van der Waals surface area contributed by atoms with Crippen LogP contribution in [0.25, 0.3) is 0 Å². The molecule has 0 aromatic carbocycles. The van der Waals surface area contributed by atoms with Crippen LogP contribution >= 0.6 is 0 Å². The lowest BCUT2D eigenvalue weighted by Gasteiger charge is -1.90. The molecular weight excluding hydrogens is 116 g/mol. The summed E-state index contributed by atoms with van der Waals surface area (Å²) in [5.41, 5.74) is 0.807. The molecule has 0 bridgehead atoms. The molecule has 0 aliphatic heterocycles. The maximum atomic E-state index is 10.4. The van der Waals surface area contributed by atoms with Crippen LogP contribution in [0, 0.1) is 0 Å². The highest BCUT2D eigenvalue weighted by molar-refractivity contribution is 5.83. The summed E-state index contributed by atoms with van der Waals surface area (Å²) in [5, 5.41) is 0. The van der Waals surface area contributed by atoms with Crippen molar-refractivity contribution in [2.24, 2.45) is 0 Å². The minimum Gasteiger partial charge on any atom is -0.466 e. The number of hydrogen-bond acceptors (Lipinski definition) is 2. The molecule has 0 saturated heterocycles. The lowest BCUT2D eigenvalue weighted by molar-refractivity contribution is -0.134. The van der Waals surface area contributed by atoms with Crippen LogP contribution in [0.2, 0.25) is 0 Å². The van der Waals surface area contributed by atoms with Crippen molar-refractivity contribution < 1.29 is 9.53 Å². The zero-order chi connectivity index (χ0) is 7.28. The zero-order valence-electron chi connectivity index (χ0n) is 5.68. The number of hydrogen-bond donors (Lipinski definition) is 0. The van der Waals surface area contributed by atoms with Crippen molar-refractivity contribution in [2.75, 3.05) is 7.11 Å². The summed E-state index contributed by atoms with van der Waals surface area (Å²) >= 11 is 0. The van der Waals surface area contributed by atoms with Crippen LogP contribution in [-0.4, -0.2) is 13.1 Å². The average molecular weight is 126 g/mol. The normalized spacial score (nSPS) is 10.7. The number of rotatable bonds is 2. The Morgan fingerprint density at radius 2 is 2.22 bits per heavy atom. The fraction of sp³-hybridized carbons (Fsp3) is 0.286. The molecule has 0 aliphatic rings. The SMILES string of the molecule is C=CC(C)=CC(=O)OC. The number of carbonyl (C=O) groups is 1. The van der Waals surface area contributed by atoms with E-state index < -0.39 is 0 Å². The molecule has 0 rings (SSSR count). The summed E-state index contributed by atoms with van der Waals surface area (Å²) in [4.78, 5) is 10.4. The first-order chi connectivity index (χ1) is 4.20. The van der Waals surface area contributed by atoms with Gasteiger partial charge in [0, 0.05) is 6.08 Å². The largest absolute Gasteiger partial charge is 0.466 e. The van der Waals surface area contributed by atoms with E-state index in [1.165, 1.54) is 13.2 Å². The smallest absolute Gasteiger partial charge is 0.330 e. The van der Waals surface area contributed by atoms with Crippen molar-refractivity contribution in [1.29, 1.82) is 0 Å². The van der Waals surface area contributed by atoms with Gasteiger partial charge in [-0.15, -0.1) is 0 Å². The van der Waals surface area contributed by atoms with Gasteiger partial charge in [0.25, 0.3) is 0 Å². The first-order valence-corrected chi connectivity index (χ1v) is 2.59. The second-order valence-corrected chi connectivity index (χ2v) is 1.62. The molecule has 0 unspecified atom stereocenters. The quantitative estimate of drug-likeness (QED) is 0.316. The summed E-state index contributed by atoms with van der Waals surface area (Å²) in [6.45, 7) is 5.25. The van der Waals surface area contributed by atoms with E-state index >= 15 is 0 Å². The first kappa shape index (κ1) is 7.95. The van der Waals surface area contributed by atoms with Gasteiger partial charge in [0.1, 0.15) is 0 Å². The van der Waals surface area contributed by atoms with Crippen LogP contribution in [0.3, 0.4) is 0 Å². The van der Waals surface area contributed by atoms with E-state index in [0.29, 0.717) is 0 Å². The lowest BCUT2D eigenvalue weighted by atomic mass is 10.3. The maximum absolute atomic E-state index is 10.4. The van der Waals surface area contributed by atoms with Crippen LogP contribution in [0.4, 0.5) is 0 Å². The van der Waals surface area contributed by atoms with Crippen molar-refractivity contribution in [1.82, 2.24) is 0 Å². The van der Waals surface area contributed by atoms with Crippen molar-refractivity contribution >= 4 is 5.97 Å². The van der Waals surface area contributed by atoms with E-state index in [1.807, 2.05) is 0 Å². The molecular formula is C7H10O2. The standard InChI is InChI=1S/C7H10O2/c1-4-6(2)5-7(8)9-3/h4-5H,1H2,2-3H3. The van der Waals surface area contributed by atoms with E-state index in [2.05, 4.69) is 11.3 Å². The topological polar surface area (TPSA) is 26.3 Å². The molecule has 0 heterocycles. The molecule has 0 radical (unpaired) electrons. The highest BCUT2D eigenvalue weighted by Gasteiger charge is 1.90. The van der Waals surface area contributed by atoms with Crippen LogP contribution in [-0.2, 0) is 9.53 Å². The summed E-state index contributed by atoms with van der Waals surface area (Å²) in [6, 6.07) is 0. The summed E-state index contributed by atoms with van der Waals surface area (Å²) < 4.78 is 4.36. The Labute approximate surface area is 54.8 Å². The molecule has 0 amide bonds. The number of methoxy groups -OCH3 is 1. The second kappa shape index (κ2) is 3.89. The van der Waals surface area contributed by atoms with E-state index in [1.54, 1.807) is 13.0 Å². The third-order valence-electron chi connectivity index (χ3n) is 0.869. The number of allylic oxidation sites excluding steroid dienone is 2. The molecule has 9 heavy (non-hydrogen) atoms. The highest BCUT2D eigenvalue weighted by Crippen LogP contribution is 1.92. The molecule has 0 aliphatic carbocycles. The van der Waals surface area contributed by atoms with Crippen LogP contribution in [0.1, 0.15) is 6.92 Å². The first-order valence-electron chi connectivity index (χ1n) is 2.59. The predicted octanol–water partition coefficient (Wildman–Crippen LogP) is 1.29. The zero-order valence-corrected chi connectivity index (χ0v) is 5.68. The maximum Gasteiger partial charge on any atom is 0.330 e. The van der Waals surface area contributed by atoms with E-state index in [4.69, 9.17) is 0 Å². The molecule has 0 aromatic heterocycles. The van der Waals surface area contributed by atoms with Gasteiger partial charge in [-0.05, 0) is 12.5 Å². The Morgan fingerprint density at radius 1 is 1.67 bits per heavy atom. The Hall–Kier alpha value is -1.05. The molecule has 0 N–H and O–H groups in total. The molecule has 0 fully saturated rings. The predicted molar refractivity (Wildman–Crippen MR) is 36.0 cm³/mol. The molecule has 2 heteroatoms. The van der Waals surface area contributed by atoms with Gasteiger partial charge < -0.3 is 4.74 Å². The van der Waals surface area contributed by atoms with Gasteiger partial charge in [0.2, 0.25) is 0 Å². The van der Waals surface area contributed by atoms with Gasteiger partial charge in [0.05, 0.1) is 7.11 Å². The van der Waals surface area contributed by atoms with Crippen LogP contribution in [0.5, 0.6) is 0 Å². The average Bonchev–Trinajstić information content (AvgIpc) is 1.87. The molecule has 0 spiro atoms. The van der Waals surface area contributed by atoms with Gasteiger partial charge in [-0.3, -0.25) is 0 Å². The Balaban J connectivity index is 3.94. The summed E-state index contributed by atoms with van der Waals surface area (Å²) in [7, 11) is 1.34. The second-order valence-electron chi connectivity index (χ2n) is 1.62. The van der Waals surface area contributed by atoms with E-state index in [-0.39, 0.29) is 5.97 Å². The molecule has 0 saturated carbocycles. The van der Waals surface area contributed by atoms with Crippen LogP contribution < -0.4 is 0 Å². The highest BCUT2D eigenvalue weighted by atomic mass is 16.5. The summed E-state index contributed by atoms with van der Waals surface area (Å²) in [5.74, 6) is -0.340. The fourth-order valence-electron chi connectivity index (χ4n) is 0.304. The molecule has 50 valence electrons. The van der Waals surface area contributed by atoms with Gasteiger partial charge >= 0.3 is 5.97 Å². The van der Waals surface area contributed by atoms with E-state index in [9.17, 15) is 4.79 Å². The van der Waals surface area contributed by atoms with Crippen molar-refractivity contribution in [2.45, 2.75) is 6.92 Å². The third kappa shape index (κ3) is 3.53.